The summed E-state index contributed by atoms with van der Waals surface area (Å²) in [6, 6.07) is -0.0113. The summed E-state index contributed by atoms with van der Waals surface area (Å²) in [5.41, 5.74) is 2.07. The van der Waals surface area contributed by atoms with Crippen LogP contribution in [0.5, 0.6) is 0 Å². The lowest BCUT2D eigenvalue weighted by atomic mass is 10.00. The number of nitrogens with zero attached hydrogens (tertiary/aromatic N) is 2. The Morgan fingerprint density at radius 1 is 1.47 bits per heavy atom. The number of ether oxygens (including phenoxy) is 2. The van der Waals surface area contributed by atoms with Crippen LogP contribution in [0.3, 0.4) is 0 Å². The molecule has 1 fully saturated rings. The molecule has 0 aromatic rings. The third-order valence-electron chi connectivity index (χ3n) is 2.84. The summed E-state index contributed by atoms with van der Waals surface area (Å²) < 4.78 is 11.0. The van der Waals surface area contributed by atoms with E-state index in [1.54, 1.807) is 0 Å². The van der Waals surface area contributed by atoms with Gasteiger partial charge in [0.25, 0.3) is 0 Å². The molecule has 2 N–H and O–H groups in total. The minimum Gasteiger partial charge on any atom is -0.376 e. The smallest absolute Gasteiger partial charge is 0.188 e. The molecule has 15 heavy (non-hydrogen) atoms. The number of nitrogens with two attached hydrogens (primary N) is 1. The van der Waals surface area contributed by atoms with Gasteiger partial charge in [-0.15, -0.1) is 0 Å². The minimum atomic E-state index is -0.0262. The second-order valence-electron chi connectivity index (χ2n) is 3.82. The standard InChI is InChI=1S/C10H16N3O2/c1-7-8(2)12-6-13(11)10(7)9-5-14-3-4-15-9/h9-10H,3-5,11H2,1-2H3. The van der Waals surface area contributed by atoms with Gasteiger partial charge >= 0.3 is 0 Å². The van der Waals surface area contributed by atoms with Gasteiger partial charge in [-0.3, -0.25) is 5.01 Å². The largest absolute Gasteiger partial charge is 0.376 e. The van der Waals surface area contributed by atoms with Crippen molar-refractivity contribution in [2.45, 2.75) is 26.0 Å². The molecule has 2 unspecified atom stereocenters. The lowest BCUT2D eigenvalue weighted by Crippen LogP contribution is -2.53. The van der Waals surface area contributed by atoms with Gasteiger partial charge in [0, 0.05) is 5.70 Å². The van der Waals surface area contributed by atoms with E-state index in [4.69, 9.17) is 15.3 Å². The van der Waals surface area contributed by atoms with E-state index >= 15 is 0 Å². The van der Waals surface area contributed by atoms with E-state index in [2.05, 4.69) is 11.3 Å². The Morgan fingerprint density at radius 2 is 2.27 bits per heavy atom. The van der Waals surface area contributed by atoms with Crippen molar-refractivity contribution in [2.75, 3.05) is 19.8 Å². The maximum atomic E-state index is 5.82. The van der Waals surface area contributed by atoms with Crippen LogP contribution in [-0.2, 0) is 9.47 Å². The number of hydrogen-bond acceptors (Lipinski definition) is 5. The highest BCUT2D eigenvalue weighted by Crippen LogP contribution is 2.22. The van der Waals surface area contributed by atoms with Gasteiger partial charge in [0.2, 0.25) is 0 Å². The fourth-order valence-electron chi connectivity index (χ4n) is 1.85. The van der Waals surface area contributed by atoms with E-state index in [-0.39, 0.29) is 12.1 Å². The Hall–Kier alpha value is -0.910. The first-order chi connectivity index (χ1) is 7.20. The van der Waals surface area contributed by atoms with Gasteiger partial charge in [-0.25, -0.2) is 10.8 Å². The zero-order valence-corrected chi connectivity index (χ0v) is 9.06. The monoisotopic (exact) mass is 210 g/mol. The average molecular weight is 210 g/mol. The summed E-state index contributed by atoms with van der Waals surface area (Å²) in [6.07, 6.45) is 2.73. The van der Waals surface area contributed by atoms with Crippen molar-refractivity contribution < 1.29 is 9.47 Å². The summed E-state index contributed by atoms with van der Waals surface area (Å²) in [5.74, 6) is 5.82. The SMILES string of the molecule is CC1=C(C)C(C2COCCO2)N(N)[C]=N1. The third kappa shape index (κ3) is 2.04. The Bertz CT molecular complexity index is 295. The summed E-state index contributed by atoms with van der Waals surface area (Å²) in [4.78, 5) is 4.07. The number of aliphatic imine (C=N–C) groups is 1. The fraction of sp³-hybridized carbons (Fsp3) is 0.700. The zero-order chi connectivity index (χ0) is 10.8. The van der Waals surface area contributed by atoms with E-state index in [0.717, 1.165) is 11.3 Å². The highest BCUT2D eigenvalue weighted by atomic mass is 16.6. The van der Waals surface area contributed by atoms with Crippen LogP contribution in [0, 0.1) is 0 Å². The molecule has 2 aliphatic heterocycles. The maximum absolute atomic E-state index is 5.82. The quantitative estimate of drug-likeness (QED) is 0.626. The highest BCUT2D eigenvalue weighted by Gasteiger charge is 2.32. The number of rotatable bonds is 1. The Balaban J connectivity index is 2.15. The van der Waals surface area contributed by atoms with Crippen LogP contribution >= 0.6 is 0 Å². The summed E-state index contributed by atoms with van der Waals surface area (Å²) in [6.45, 7) is 5.82. The number of hydrazine groups is 1. The average Bonchev–Trinajstić information content (AvgIpc) is 2.26. The zero-order valence-electron chi connectivity index (χ0n) is 9.06. The molecule has 0 aliphatic carbocycles. The molecule has 2 rings (SSSR count). The van der Waals surface area contributed by atoms with Crippen LogP contribution in [0.15, 0.2) is 16.3 Å². The summed E-state index contributed by atoms with van der Waals surface area (Å²) in [7, 11) is 0. The first-order valence-corrected chi connectivity index (χ1v) is 5.07. The maximum Gasteiger partial charge on any atom is 0.188 e. The highest BCUT2D eigenvalue weighted by molar-refractivity contribution is 5.60. The molecule has 5 heteroatoms. The molecule has 2 atom stereocenters. The second kappa shape index (κ2) is 4.30. The molecule has 2 heterocycles. The summed E-state index contributed by atoms with van der Waals surface area (Å²) >= 11 is 0. The molecule has 0 aromatic heterocycles. The molecule has 1 radical (unpaired) electrons. The van der Waals surface area contributed by atoms with Gasteiger partial charge in [0.15, 0.2) is 6.34 Å². The van der Waals surface area contributed by atoms with Crippen molar-refractivity contribution in [3.63, 3.8) is 0 Å². The van der Waals surface area contributed by atoms with Gasteiger partial charge in [0.05, 0.1) is 25.9 Å². The predicted molar refractivity (Wildman–Crippen MR) is 56.2 cm³/mol. The molecule has 0 spiro atoms. The van der Waals surface area contributed by atoms with E-state index in [9.17, 15) is 0 Å². The number of hydrogen-bond donors (Lipinski definition) is 1. The van der Waals surface area contributed by atoms with Crippen molar-refractivity contribution in [1.29, 1.82) is 0 Å². The van der Waals surface area contributed by atoms with Crippen LogP contribution < -0.4 is 5.84 Å². The van der Waals surface area contributed by atoms with E-state index in [1.807, 2.05) is 13.8 Å². The molecule has 1 saturated heterocycles. The second-order valence-corrected chi connectivity index (χ2v) is 3.82. The predicted octanol–water partition coefficient (Wildman–Crippen LogP) is 0.159. The molecule has 0 aromatic carbocycles. The van der Waals surface area contributed by atoms with Gasteiger partial charge in [0.1, 0.15) is 6.10 Å². The van der Waals surface area contributed by atoms with Gasteiger partial charge in [-0.1, -0.05) is 0 Å². The van der Waals surface area contributed by atoms with E-state index < -0.39 is 0 Å². The van der Waals surface area contributed by atoms with Crippen LogP contribution in [0.2, 0.25) is 0 Å². The molecule has 2 aliphatic rings. The van der Waals surface area contributed by atoms with E-state index in [1.165, 1.54) is 5.01 Å². The molecular weight excluding hydrogens is 194 g/mol. The van der Waals surface area contributed by atoms with Gasteiger partial charge in [-0.05, 0) is 19.4 Å². The first-order valence-electron chi connectivity index (χ1n) is 5.07. The molecule has 0 saturated carbocycles. The first kappa shape index (κ1) is 10.6. The molecular formula is C10H16N3O2. The van der Waals surface area contributed by atoms with Crippen LogP contribution in [0.1, 0.15) is 13.8 Å². The van der Waals surface area contributed by atoms with Crippen molar-refractivity contribution in [2.24, 2.45) is 10.8 Å². The lowest BCUT2D eigenvalue weighted by molar-refractivity contribution is -0.106. The Morgan fingerprint density at radius 3 is 2.93 bits per heavy atom. The van der Waals surface area contributed by atoms with Crippen LogP contribution in [0.4, 0.5) is 0 Å². The minimum absolute atomic E-state index is 0.0113. The van der Waals surface area contributed by atoms with E-state index in [0.29, 0.717) is 19.8 Å². The molecule has 0 amide bonds. The normalized spacial score (nSPS) is 32.3. The third-order valence-corrected chi connectivity index (χ3v) is 2.84. The topological polar surface area (TPSA) is 60.1 Å². The molecule has 5 nitrogen and oxygen atoms in total. The van der Waals surface area contributed by atoms with Crippen LogP contribution in [-0.4, -0.2) is 43.3 Å². The Labute approximate surface area is 89.5 Å². The van der Waals surface area contributed by atoms with Gasteiger partial charge in [-0.2, -0.15) is 0 Å². The van der Waals surface area contributed by atoms with Crippen LogP contribution in [0.25, 0.3) is 0 Å². The molecule has 0 bridgehead atoms. The van der Waals surface area contributed by atoms with Gasteiger partial charge < -0.3 is 9.47 Å². The Kier molecular flexibility index (Phi) is 3.04. The summed E-state index contributed by atoms with van der Waals surface area (Å²) in [5, 5.41) is 1.47. The van der Waals surface area contributed by atoms with Crippen molar-refractivity contribution in [1.82, 2.24) is 5.01 Å². The fourth-order valence-corrected chi connectivity index (χ4v) is 1.85. The number of allylic oxidation sites excluding steroid dienone is 1. The van der Waals surface area contributed by atoms with Crippen molar-refractivity contribution in [3.8, 4) is 0 Å². The van der Waals surface area contributed by atoms with Crippen molar-refractivity contribution in [3.05, 3.63) is 11.3 Å². The van der Waals surface area contributed by atoms with Crippen molar-refractivity contribution >= 4 is 6.34 Å². The lowest BCUT2D eigenvalue weighted by Gasteiger charge is -2.37. The molecule has 83 valence electrons.